The van der Waals surface area contributed by atoms with Gasteiger partial charge in [-0.3, -0.25) is 15.0 Å². The predicted octanol–water partition coefficient (Wildman–Crippen LogP) is 3.64. The molecule has 2 aromatic carbocycles. The number of nitrogens with one attached hydrogen (secondary N) is 2. The van der Waals surface area contributed by atoms with E-state index in [1.54, 1.807) is 29.6 Å². The first-order chi connectivity index (χ1) is 16.0. The highest BCUT2D eigenvalue weighted by Crippen LogP contribution is 2.33. The summed E-state index contributed by atoms with van der Waals surface area (Å²) in [4.78, 5) is 42.9. The maximum atomic E-state index is 13.1. The summed E-state index contributed by atoms with van der Waals surface area (Å²) >= 11 is 1.40. The van der Waals surface area contributed by atoms with Gasteiger partial charge in [0, 0.05) is 5.38 Å². The molecular formula is C24H24N4O4S. The Kier molecular flexibility index (Phi) is 6.41. The first-order valence-electron chi connectivity index (χ1n) is 10.7. The van der Waals surface area contributed by atoms with Crippen molar-refractivity contribution in [2.75, 3.05) is 6.61 Å². The number of nitrogens with zero attached hydrogens (tertiary/aromatic N) is 2. The fourth-order valence-corrected chi connectivity index (χ4v) is 4.65. The van der Waals surface area contributed by atoms with Crippen LogP contribution in [0.15, 0.2) is 60.0 Å². The Labute approximate surface area is 195 Å². The molecule has 0 spiro atoms. The van der Waals surface area contributed by atoms with Crippen molar-refractivity contribution in [1.29, 1.82) is 0 Å². The Hall–Kier alpha value is -3.72. The van der Waals surface area contributed by atoms with E-state index >= 15 is 0 Å². The summed E-state index contributed by atoms with van der Waals surface area (Å²) < 4.78 is 5.66. The molecule has 1 aromatic heterocycles. The standard InChI is InChI=1S/C24H24N4O4S/c1-3-24(16-10-6-5-7-11-16)22(30)28(23(31)26-24)27-20(29)14-17-15-33-21(25-17)18-12-8-9-13-19(18)32-4-2/h5-13,15H,3-4,14H2,1-2H3,(H,26,31)(H,27,29). The first-order valence-corrected chi connectivity index (χ1v) is 11.5. The highest BCUT2D eigenvalue weighted by molar-refractivity contribution is 7.13. The normalized spacial score (nSPS) is 17.7. The average Bonchev–Trinajstić information content (AvgIpc) is 3.38. The minimum Gasteiger partial charge on any atom is -0.493 e. The number of thiazole rings is 1. The van der Waals surface area contributed by atoms with Crippen LogP contribution >= 0.6 is 11.3 Å². The number of carbonyl (C=O) groups is 3. The van der Waals surface area contributed by atoms with Gasteiger partial charge in [0.05, 0.1) is 24.3 Å². The molecule has 4 rings (SSSR count). The van der Waals surface area contributed by atoms with Crippen molar-refractivity contribution < 1.29 is 19.1 Å². The van der Waals surface area contributed by atoms with E-state index < -0.39 is 23.4 Å². The quantitative estimate of drug-likeness (QED) is 0.496. The van der Waals surface area contributed by atoms with Gasteiger partial charge in [0.2, 0.25) is 5.91 Å². The van der Waals surface area contributed by atoms with Crippen molar-refractivity contribution in [3.8, 4) is 16.3 Å². The summed E-state index contributed by atoms with van der Waals surface area (Å²) in [5.41, 5.74) is 3.29. The molecule has 1 saturated heterocycles. The number of hydrazine groups is 1. The molecule has 0 saturated carbocycles. The highest BCUT2D eigenvalue weighted by atomic mass is 32.1. The second kappa shape index (κ2) is 9.41. The Balaban J connectivity index is 1.47. The lowest BCUT2D eigenvalue weighted by Crippen LogP contribution is -2.49. The third-order valence-corrected chi connectivity index (χ3v) is 6.36. The molecule has 1 aliphatic heterocycles. The molecule has 2 N–H and O–H groups in total. The van der Waals surface area contributed by atoms with E-state index in [1.807, 2.05) is 44.2 Å². The zero-order valence-electron chi connectivity index (χ0n) is 18.3. The van der Waals surface area contributed by atoms with Gasteiger partial charge in [-0.2, -0.15) is 5.01 Å². The van der Waals surface area contributed by atoms with Crippen LogP contribution in [0.5, 0.6) is 5.75 Å². The minimum atomic E-state index is -1.21. The van der Waals surface area contributed by atoms with E-state index in [0.717, 1.165) is 21.3 Å². The summed E-state index contributed by atoms with van der Waals surface area (Å²) in [6.07, 6.45) is 0.275. The van der Waals surface area contributed by atoms with Crippen molar-refractivity contribution in [3.63, 3.8) is 0 Å². The number of carbonyl (C=O) groups excluding carboxylic acids is 3. The van der Waals surface area contributed by atoms with Gasteiger partial charge >= 0.3 is 6.03 Å². The Morgan fingerprint density at radius 2 is 1.85 bits per heavy atom. The number of para-hydroxylation sites is 1. The van der Waals surface area contributed by atoms with E-state index in [2.05, 4.69) is 15.7 Å². The summed E-state index contributed by atoms with van der Waals surface area (Å²) in [6.45, 7) is 4.26. The van der Waals surface area contributed by atoms with Gasteiger partial charge in [0.1, 0.15) is 16.3 Å². The minimum absolute atomic E-state index is 0.0746. The van der Waals surface area contributed by atoms with Crippen LogP contribution < -0.4 is 15.5 Å². The molecule has 1 unspecified atom stereocenters. The second-order valence-corrected chi connectivity index (χ2v) is 8.34. The van der Waals surface area contributed by atoms with Crippen LogP contribution in [-0.4, -0.2) is 34.4 Å². The summed E-state index contributed by atoms with van der Waals surface area (Å²) in [6, 6.07) is 15.9. The number of benzene rings is 2. The van der Waals surface area contributed by atoms with E-state index in [0.29, 0.717) is 24.3 Å². The van der Waals surface area contributed by atoms with Gasteiger partial charge in [-0.25, -0.2) is 9.78 Å². The molecule has 0 radical (unpaired) electrons. The number of aromatic nitrogens is 1. The molecule has 33 heavy (non-hydrogen) atoms. The topological polar surface area (TPSA) is 101 Å². The molecule has 3 aromatic rings. The molecule has 1 atom stereocenters. The van der Waals surface area contributed by atoms with Crippen LogP contribution in [0, 0.1) is 0 Å². The van der Waals surface area contributed by atoms with Gasteiger partial charge in [0.25, 0.3) is 5.91 Å². The lowest BCUT2D eigenvalue weighted by molar-refractivity contribution is -0.139. The fraction of sp³-hybridized carbons (Fsp3) is 0.250. The number of ether oxygens (including phenoxy) is 1. The molecule has 1 fully saturated rings. The SMILES string of the molecule is CCOc1ccccc1-c1nc(CC(=O)NN2C(=O)NC(CC)(c3ccccc3)C2=O)cs1. The van der Waals surface area contributed by atoms with Gasteiger partial charge in [-0.05, 0) is 31.0 Å². The number of rotatable bonds is 8. The van der Waals surface area contributed by atoms with Crippen molar-refractivity contribution in [3.05, 3.63) is 71.2 Å². The highest BCUT2D eigenvalue weighted by Gasteiger charge is 2.52. The molecule has 9 heteroatoms. The lowest BCUT2D eigenvalue weighted by Gasteiger charge is -2.25. The molecule has 4 amide bonds. The first kappa shape index (κ1) is 22.5. The monoisotopic (exact) mass is 464 g/mol. The van der Waals surface area contributed by atoms with E-state index in [1.165, 1.54) is 11.3 Å². The van der Waals surface area contributed by atoms with Gasteiger partial charge in [-0.1, -0.05) is 49.4 Å². The van der Waals surface area contributed by atoms with Crippen molar-refractivity contribution in [1.82, 2.24) is 20.7 Å². The largest absolute Gasteiger partial charge is 0.493 e. The maximum Gasteiger partial charge on any atom is 0.344 e. The summed E-state index contributed by atoms with van der Waals surface area (Å²) in [5.74, 6) is -0.297. The molecule has 2 heterocycles. The Morgan fingerprint density at radius 1 is 1.12 bits per heavy atom. The molecule has 170 valence electrons. The van der Waals surface area contributed by atoms with E-state index in [-0.39, 0.29) is 6.42 Å². The third kappa shape index (κ3) is 4.31. The van der Waals surface area contributed by atoms with Crippen molar-refractivity contribution in [2.45, 2.75) is 32.2 Å². The van der Waals surface area contributed by atoms with Crippen molar-refractivity contribution in [2.24, 2.45) is 0 Å². The summed E-state index contributed by atoms with van der Waals surface area (Å²) in [7, 11) is 0. The number of hydrogen-bond acceptors (Lipinski definition) is 6. The number of amides is 4. The van der Waals surface area contributed by atoms with Crippen LogP contribution in [-0.2, 0) is 21.5 Å². The van der Waals surface area contributed by atoms with E-state index in [9.17, 15) is 14.4 Å². The molecule has 0 aliphatic carbocycles. The predicted molar refractivity (Wildman–Crippen MR) is 124 cm³/mol. The van der Waals surface area contributed by atoms with E-state index in [4.69, 9.17) is 4.74 Å². The lowest BCUT2D eigenvalue weighted by atomic mass is 9.87. The van der Waals surface area contributed by atoms with Gasteiger partial charge in [-0.15, -0.1) is 11.3 Å². The third-order valence-electron chi connectivity index (χ3n) is 5.44. The Bertz CT molecular complexity index is 1180. The van der Waals surface area contributed by atoms with Crippen LogP contribution in [0.3, 0.4) is 0 Å². The van der Waals surface area contributed by atoms with Crippen LogP contribution in [0.1, 0.15) is 31.5 Å². The number of imide groups is 1. The smallest absolute Gasteiger partial charge is 0.344 e. The molecular weight excluding hydrogens is 440 g/mol. The fourth-order valence-electron chi connectivity index (χ4n) is 3.80. The Morgan fingerprint density at radius 3 is 2.58 bits per heavy atom. The molecule has 0 bridgehead atoms. The van der Waals surface area contributed by atoms with Gasteiger partial charge in [0.15, 0.2) is 0 Å². The van der Waals surface area contributed by atoms with Crippen LogP contribution in [0.25, 0.3) is 10.6 Å². The zero-order valence-corrected chi connectivity index (χ0v) is 19.1. The number of urea groups is 1. The molecule has 8 nitrogen and oxygen atoms in total. The van der Waals surface area contributed by atoms with Crippen LogP contribution in [0.2, 0.25) is 0 Å². The van der Waals surface area contributed by atoms with Crippen molar-refractivity contribution >= 4 is 29.2 Å². The van der Waals surface area contributed by atoms with Gasteiger partial charge < -0.3 is 10.1 Å². The maximum absolute atomic E-state index is 13.1. The second-order valence-electron chi connectivity index (χ2n) is 7.48. The number of hydrogen-bond donors (Lipinski definition) is 2. The van der Waals surface area contributed by atoms with Crippen LogP contribution in [0.4, 0.5) is 4.79 Å². The zero-order chi connectivity index (χ0) is 23.4. The average molecular weight is 465 g/mol. The molecule has 1 aliphatic rings. The summed E-state index contributed by atoms with van der Waals surface area (Å²) in [5, 5.41) is 6.01.